The summed E-state index contributed by atoms with van der Waals surface area (Å²) >= 11 is 0. The quantitative estimate of drug-likeness (QED) is 0.762. The van der Waals surface area contributed by atoms with Crippen molar-refractivity contribution in [3.63, 3.8) is 0 Å². The molecule has 0 radical (unpaired) electrons. The van der Waals surface area contributed by atoms with Crippen molar-refractivity contribution in [3.05, 3.63) is 41.9 Å². The second-order valence-electron chi connectivity index (χ2n) is 4.79. The molecule has 21 heavy (non-hydrogen) atoms. The summed E-state index contributed by atoms with van der Waals surface area (Å²) in [5, 5.41) is 10.2. The van der Waals surface area contributed by atoms with Crippen LogP contribution in [0, 0.1) is 6.92 Å². The third-order valence-electron chi connectivity index (χ3n) is 2.98. The van der Waals surface area contributed by atoms with Crippen LogP contribution in [-0.4, -0.2) is 33.8 Å². The fourth-order valence-electron chi connectivity index (χ4n) is 2.05. The summed E-state index contributed by atoms with van der Waals surface area (Å²) < 4.78 is 1.85. The summed E-state index contributed by atoms with van der Waals surface area (Å²) in [6.07, 6.45) is 4.51. The van der Waals surface area contributed by atoms with Gasteiger partial charge in [0, 0.05) is 43.3 Å². The van der Waals surface area contributed by atoms with Gasteiger partial charge in [0.15, 0.2) is 0 Å². The number of aryl methyl sites for hydroxylation is 2. The van der Waals surface area contributed by atoms with Gasteiger partial charge in [-0.25, -0.2) is 4.98 Å². The van der Waals surface area contributed by atoms with Crippen molar-refractivity contribution in [2.75, 3.05) is 18.4 Å². The number of amides is 1. The van der Waals surface area contributed by atoms with Crippen molar-refractivity contribution in [1.82, 2.24) is 20.1 Å². The number of carbonyl (C=O) groups excluding carboxylic acids is 1. The highest BCUT2D eigenvalue weighted by Crippen LogP contribution is 2.10. The minimum absolute atomic E-state index is 0.0693. The molecule has 2 rings (SSSR count). The Morgan fingerprint density at radius 3 is 2.95 bits per heavy atom. The summed E-state index contributed by atoms with van der Waals surface area (Å²) in [4.78, 5) is 16.5. The molecule has 6 heteroatoms. The average Bonchev–Trinajstić information content (AvgIpc) is 2.96. The lowest BCUT2D eigenvalue weighted by Gasteiger charge is -2.09. The topological polar surface area (TPSA) is 71.8 Å². The van der Waals surface area contributed by atoms with E-state index in [1.165, 1.54) is 0 Å². The summed E-state index contributed by atoms with van der Waals surface area (Å²) in [6, 6.07) is 5.46. The minimum atomic E-state index is -0.0693. The van der Waals surface area contributed by atoms with Gasteiger partial charge >= 0.3 is 0 Å². The molecule has 2 aromatic rings. The smallest absolute Gasteiger partial charge is 0.251 e. The lowest BCUT2D eigenvalue weighted by atomic mass is 10.2. The van der Waals surface area contributed by atoms with Crippen LogP contribution in [0.1, 0.15) is 29.4 Å². The van der Waals surface area contributed by atoms with Crippen LogP contribution in [0.25, 0.3) is 0 Å². The molecule has 0 aliphatic rings. The van der Waals surface area contributed by atoms with Gasteiger partial charge in [0.25, 0.3) is 5.91 Å². The second kappa shape index (κ2) is 7.42. The number of nitrogens with one attached hydrogen (secondary N) is 2. The second-order valence-corrected chi connectivity index (χ2v) is 4.79. The van der Waals surface area contributed by atoms with E-state index in [4.69, 9.17) is 0 Å². The van der Waals surface area contributed by atoms with Crippen LogP contribution in [-0.2, 0) is 6.54 Å². The largest absolute Gasteiger partial charge is 0.370 e. The molecular weight excluding hydrogens is 266 g/mol. The molecular formula is C15H21N5O. The predicted molar refractivity (Wildman–Crippen MR) is 82.3 cm³/mol. The standard InChI is InChI=1S/C15H21N5O/c1-3-16-14-11-13(10-12(2)19-14)15(21)17-6-4-8-20-9-5-7-18-20/h5,7,9-11H,3-4,6,8H2,1-2H3,(H,16,19)(H,17,21). The zero-order chi connectivity index (χ0) is 15.1. The van der Waals surface area contributed by atoms with Gasteiger partial charge in [0.2, 0.25) is 0 Å². The fraction of sp³-hybridized carbons (Fsp3) is 0.400. The highest BCUT2D eigenvalue weighted by Gasteiger charge is 2.07. The number of hydrogen-bond donors (Lipinski definition) is 2. The molecule has 0 unspecified atom stereocenters. The number of pyridine rings is 1. The van der Waals surface area contributed by atoms with Crippen molar-refractivity contribution < 1.29 is 4.79 Å². The molecule has 0 spiro atoms. The summed E-state index contributed by atoms with van der Waals surface area (Å²) in [6.45, 7) is 6.08. The molecule has 1 amide bonds. The van der Waals surface area contributed by atoms with Crippen molar-refractivity contribution in [3.8, 4) is 0 Å². The van der Waals surface area contributed by atoms with Gasteiger partial charge in [0.1, 0.15) is 5.82 Å². The van der Waals surface area contributed by atoms with Gasteiger partial charge in [-0.2, -0.15) is 5.10 Å². The first kappa shape index (κ1) is 15.0. The monoisotopic (exact) mass is 287 g/mol. The van der Waals surface area contributed by atoms with E-state index in [1.807, 2.05) is 30.8 Å². The predicted octanol–water partition coefficient (Wildman–Crippen LogP) is 1.84. The Hall–Kier alpha value is -2.37. The van der Waals surface area contributed by atoms with Gasteiger partial charge in [0.05, 0.1) is 0 Å². The van der Waals surface area contributed by atoms with E-state index in [1.54, 1.807) is 18.3 Å². The van der Waals surface area contributed by atoms with Crippen molar-refractivity contribution >= 4 is 11.7 Å². The van der Waals surface area contributed by atoms with Crippen LogP contribution in [0.3, 0.4) is 0 Å². The SMILES string of the molecule is CCNc1cc(C(=O)NCCCn2cccn2)cc(C)n1. The maximum absolute atomic E-state index is 12.1. The molecule has 0 fully saturated rings. The van der Waals surface area contributed by atoms with Crippen molar-refractivity contribution in [1.29, 1.82) is 0 Å². The number of aromatic nitrogens is 3. The summed E-state index contributed by atoms with van der Waals surface area (Å²) in [7, 11) is 0. The van der Waals surface area contributed by atoms with Gasteiger partial charge < -0.3 is 10.6 Å². The molecule has 0 atom stereocenters. The lowest BCUT2D eigenvalue weighted by Crippen LogP contribution is -2.25. The molecule has 0 aliphatic heterocycles. The molecule has 6 nitrogen and oxygen atoms in total. The number of carbonyl (C=O) groups is 1. The van der Waals surface area contributed by atoms with Gasteiger partial charge in [-0.05, 0) is 38.5 Å². The van der Waals surface area contributed by atoms with Crippen LogP contribution in [0.2, 0.25) is 0 Å². The Bertz CT molecular complexity index is 580. The Balaban J connectivity index is 1.85. The van der Waals surface area contributed by atoms with E-state index in [2.05, 4.69) is 20.7 Å². The van der Waals surface area contributed by atoms with Crippen LogP contribution in [0.5, 0.6) is 0 Å². The molecule has 0 aromatic carbocycles. The van der Waals surface area contributed by atoms with Gasteiger partial charge in [-0.15, -0.1) is 0 Å². The third-order valence-corrected chi connectivity index (χ3v) is 2.98. The molecule has 0 aliphatic carbocycles. The van der Waals surface area contributed by atoms with Crippen LogP contribution in [0.4, 0.5) is 5.82 Å². The summed E-state index contributed by atoms with van der Waals surface area (Å²) in [5.41, 5.74) is 1.47. The molecule has 2 N–H and O–H groups in total. The summed E-state index contributed by atoms with van der Waals surface area (Å²) in [5.74, 6) is 0.666. The Kier molecular flexibility index (Phi) is 5.31. The van der Waals surface area contributed by atoms with E-state index in [-0.39, 0.29) is 5.91 Å². The maximum atomic E-state index is 12.1. The van der Waals surface area contributed by atoms with Crippen molar-refractivity contribution in [2.24, 2.45) is 0 Å². The number of nitrogens with zero attached hydrogens (tertiary/aromatic N) is 3. The molecule has 0 saturated carbocycles. The zero-order valence-electron chi connectivity index (χ0n) is 12.5. The van der Waals surface area contributed by atoms with E-state index < -0.39 is 0 Å². The first-order valence-corrected chi connectivity index (χ1v) is 7.17. The van der Waals surface area contributed by atoms with E-state index in [0.717, 1.165) is 31.0 Å². The van der Waals surface area contributed by atoms with Crippen LogP contribution < -0.4 is 10.6 Å². The average molecular weight is 287 g/mol. The lowest BCUT2D eigenvalue weighted by molar-refractivity contribution is 0.0952. The zero-order valence-corrected chi connectivity index (χ0v) is 12.5. The van der Waals surface area contributed by atoms with E-state index >= 15 is 0 Å². The Labute approximate surface area is 124 Å². The fourth-order valence-corrected chi connectivity index (χ4v) is 2.05. The first-order chi connectivity index (χ1) is 10.2. The van der Waals surface area contributed by atoms with Crippen LogP contribution in [0.15, 0.2) is 30.6 Å². The minimum Gasteiger partial charge on any atom is -0.370 e. The van der Waals surface area contributed by atoms with Crippen LogP contribution >= 0.6 is 0 Å². The third kappa shape index (κ3) is 4.59. The van der Waals surface area contributed by atoms with Gasteiger partial charge in [-0.3, -0.25) is 9.48 Å². The highest BCUT2D eigenvalue weighted by molar-refractivity contribution is 5.94. The Morgan fingerprint density at radius 1 is 1.38 bits per heavy atom. The molecule has 0 bridgehead atoms. The molecule has 0 saturated heterocycles. The van der Waals surface area contributed by atoms with E-state index in [0.29, 0.717) is 12.1 Å². The van der Waals surface area contributed by atoms with Crippen molar-refractivity contribution in [2.45, 2.75) is 26.8 Å². The molecule has 112 valence electrons. The normalized spacial score (nSPS) is 10.4. The maximum Gasteiger partial charge on any atom is 0.251 e. The van der Waals surface area contributed by atoms with Gasteiger partial charge in [-0.1, -0.05) is 0 Å². The van der Waals surface area contributed by atoms with E-state index in [9.17, 15) is 4.79 Å². The number of hydrogen-bond acceptors (Lipinski definition) is 4. The molecule has 2 aromatic heterocycles. The Morgan fingerprint density at radius 2 is 2.24 bits per heavy atom. The number of anilines is 1. The molecule has 2 heterocycles. The first-order valence-electron chi connectivity index (χ1n) is 7.17. The number of rotatable bonds is 7. The highest BCUT2D eigenvalue weighted by atomic mass is 16.1.